The Morgan fingerprint density at radius 3 is 2.22 bits per heavy atom. The van der Waals surface area contributed by atoms with Gasteiger partial charge in [0.1, 0.15) is 0 Å². The summed E-state index contributed by atoms with van der Waals surface area (Å²) in [5, 5.41) is 11.0. The van der Waals surface area contributed by atoms with Crippen LogP contribution in [0.2, 0.25) is 0 Å². The van der Waals surface area contributed by atoms with E-state index in [1.54, 1.807) is 12.1 Å². The first-order valence-corrected chi connectivity index (χ1v) is 11.2. The highest BCUT2D eigenvalue weighted by Crippen LogP contribution is 2.29. The molecule has 0 aromatic heterocycles. The van der Waals surface area contributed by atoms with Crippen molar-refractivity contribution in [3.8, 4) is 0 Å². The Morgan fingerprint density at radius 2 is 1.56 bits per heavy atom. The van der Waals surface area contributed by atoms with Gasteiger partial charge >= 0.3 is 0 Å². The molecule has 0 aliphatic carbocycles. The first-order valence-electron chi connectivity index (χ1n) is 11.2. The first kappa shape index (κ1) is 24.1. The molecule has 2 aliphatic rings. The van der Waals surface area contributed by atoms with Crippen molar-refractivity contribution in [1.29, 1.82) is 0 Å². The number of nitrogen functional groups attached to an aromatic ring is 1. The van der Waals surface area contributed by atoms with Crippen LogP contribution in [0.4, 0.5) is 11.4 Å². The van der Waals surface area contributed by atoms with Gasteiger partial charge in [-0.1, -0.05) is 36.4 Å². The Morgan fingerprint density at radius 1 is 0.969 bits per heavy atom. The molecule has 174 valence electrons. The zero-order valence-corrected chi connectivity index (χ0v) is 18.8. The average Bonchev–Trinajstić information content (AvgIpc) is 2.84. The van der Waals surface area contributed by atoms with Crippen LogP contribution >= 0.6 is 0 Å². The molecule has 1 atom stereocenters. The van der Waals surface area contributed by atoms with Crippen LogP contribution in [0.25, 0.3) is 0 Å². The number of nitrogens with two attached hydrogens (primary N) is 1. The fourth-order valence-electron chi connectivity index (χ4n) is 4.03. The zero-order valence-electron chi connectivity index (χ0n) is 18.8. The van der Waals surface area contributed by atoms with E-state index in [0.29, 0.717) is 13.2 Å². The maximum absolute atomic E-state index is 11.0. The highest BCUT2D eigenvalue weighted by Gasteiger charge is 2.24. The van der Waals surface area contributed by atoms with Gasteiger partial charge in [0.15, 0.2) is 0 Å². The molecule has 0 amide bonds. The van der Waals surface area contributed by atoms with E-state index in [1.807, 2.05) is 37.3 Å². The average molecular weight is 443 g/mol. The lowest BCUT2D eigenvalue weighted by Crippen LogP contribution is -2.38. The first-order chi connectivity index (χ1) is 15.6. The Bertz CT molecular complexity index is 851. The van der Waals surface area contributed by atoms with Gasteiger partial charge < -0.3 is 15.2 Å². The molecule has 0 spiro atoms. The molecule has 2 heterocycles. The van der Waals surface area contributed by atoms with Crippen LogP contribution in [-0.4, -0.2) is 73.9 Å². The topological polar surface area (TPSA) is 94.1 Å². The second-order valence-electron chi connectivity index (χ2n) is 8.04. The van der Waals surface area contributed by atoms with Crippen LogP contribution in [0.15, 0.2) is 48.5 Å². The number of morpholine rings is 2. The van der Waals surface area contributed by atoms with Crippen molar-refractivity contribution in [2.24, 2.45) is 0 Å². The van der Waals surface area contributed by atoms with E-state index >= 15 is 0 Å². The molecule has 8 nitrogen and oxygen atoms in total. The minimum absolute atomic E-state index is 0.0560. The largest absolute Gasteiger partial charge is 0.399 e. The van der Waals surface area contributed by atoms with Crippen LogP contribution in [0.5, 0.6) is 0 Å². The van der Waals surface area contributed by atoms with Gasteiger partial charge in [-0.05, 0) is 25.0 Å². The number of nitro groups is 1. The molecule has 2 aromatic carbocycles. The molecule has 2 saturated heterocycles. The number of nitro benzene ring substituents is 1. The fraction of sp³-hybridized carbons (Fsp3) is 0.500. The van der Waals surface area contributed by atoms with Crippen molar-refractivity contribution >= 4 is 11.4 Å². The van der Waals surface area contributed by atoms with E-state index in [-0.39, 0.29) is 16.7 Å². The van der Waals surface area contributed by atoms with Gasteiger partial charge in [0, 0.05) is 56.1 Å². The van der Waals surface area contributed by atoms with E-state index in [0.717, 1.165) is 63.6 Å². The summed E-state index contributed by atoms with van der Waals surface area (Å²) in [6.45, 7) is 9.97. The molecular weight excluding hydrogens is 408 g/mol. The summed E-state index contributed by atoms with van der Waals surface area (Å²) in [5.74, 6) is 0. The van der Waals surface area contributed by atoms with Crippen molar-refractivity contribution in [1.82, 2.24) is 9.80 Å². The van der Waals surface area contributed by atoms with Gasteiger partial charge in [0.25, 0.3) is 5.69 Å². The normalized spacial score (nSPS) is 18.4. The molecule has 32 heavy (non-hydrogen) atoms. The number of benzene rings is 2. The van der Waals surface area contributed by atoms with Gasteiger partial charge in [0.2, 0.25) is 0 Å². The highest BCUT2D eigenvalue weighted by atomic mass is 16.6. The maximum atomic E-state index is 11.0. The third-order valence-electron chi connectivity index (χ3n) is 6.03. The minimum atomic E-state index is -0.313. The molecule has 0 saturated carbocycles. The van der Waals surface area contributed by atoms with Crippen LogP contribution in [0.3, 0.4) is 0 Å². The maximum Gasteiger partial charge on any atom is 0.274 e. The number of rotatable bonds is 6. The van der Waals surface area contributed by atoms with Crippen LogP contribution in [0.1, 0.15) is 24.1 Å². The third kappa shape index (κ3) is 7.00. The lowest BCUT2D eigenvalue weighted by molar-refractivity contribution is -0.386. The molecule has 0 radical (unpaired) electrons. The second-order valence-corrected chi connectivity index (χ2v) is 8.04. The van der Waals surface area contributed by atoms with Crippen molar-refractivity contribution in [2.45, 2.75) is 19.4 Å². The van der Waals surface area contributed by atoms with E-state index in [4.69, 9.17) is 15.2 Å². The third-order valence-corrected chi connectivity index (χ3v) is 6.03. The lowest BCUT2D eigenvalue weighted by Gasteiger charge is -2.32. The number of para-hydroxylation sites is 2. The number of anilines is 1. The summed E-state index contributed by atoms with van der Waals surface area (Å²) in [4.78, 5) is 15.3. The van der Waals surface area contributed by atoms with Gasteiger partial charge in [-0.2, -0.15) is 0 Å². The van der Waals surface area contributed by atoms with Crippen molar-refractivity contribution in [3.05, 3.63) is 69.8 Å². The van der Waals surface area contributed by atoms with Crippen molar-refractivity contribution in [3.63, 3.8) is 0 Å². The van der Waals surface area contributed by atoms with Gasteiger partial charge in [-0.3, -0.25) is 19.9 Å². The summed E-state index contributed by atoms with van der Waals surface area (Å²) in [5.41, 5.74) is 9.03. The minimum Gasteiger partial charge on any atom is -0.399 e. The standard InChI is InChI=1S/C12H16N2O3.C12H18N2O/c1-10(13-6-8-17-9-7-13)11-4-2-3-5-12(11)14(15)16;13-12-4-2-1-3-11(12)5-6-14-7-9-15-10-8-14/h2-5,10H,6-9H2,1H3;1-4H,5-10,13H2. The molecule has 2 aliphatic heterocycles. The number of hydrogen-bond acceptors (Lipinski definition) is 7. The Hall–Kier alpha value is -2.52. The number of hydrogen-bond donors (Lipinski definition) is 1. The predicted molar refractivity (Wildman–Crippen MR) is 126 cm³/mol. The predicted octanol–water partition coefficient (Wildman–Crippen LogP) is 3.13. The number of ether oxygens (including phenoxy) is 2. The van der Waals surface area contributed by atoms with Gasteiger partial charge in [-0.15, -0.1) is 0 Å². The Balaban J connectivity index is 0.000000182. The molecule has 2 N–H and O–H groups in total. The second kappa shape index (κ2) is 12.5. The van der Waals surface area contributed by atoms with Crippen LogP contribution < -0.4 is 5.73 Å². The highest BCUT2D eigenvalue weighted by molar-refractivity contribution is 5.46. The smallest absolute Gasteiger partial charge is 0.274 e. The van der Waals surface area contributed by atoms with E-state index in [9.17, 15) is 10.1 Å². The summed E-state index contributed by atoms with van der Waals surface area (Å²) < 4.78 is 10.6. The quantitative estimate of drug-likeness (QED) is 0.417. The van der Waals surface area contributed by atoms with Crippen LogP contribution in [-0.2, 0) is 15.9 Å². The Kier molecular flexibility index (Phi) is 9.43. The monoisotopic (exact) mass is 442 g/mol. The summed E-state index contributed by atoms with van der Waals surface area (Å²) >= 11 is 0. The molecular formula is C24H34N4O4. The van der Waals surface area contributed by atoms with Gasteiger partial charge in [-0.25, -0.2) is 0 Å². The molecule has 2 aromatic rings. The summed E-state index contributed by atoms with van der Waals surface area (Å²) in [6, 6.07) is 15.1. The van der Waals surface area contributed by atoms with E-state index < -0.39 is 0 Å². The van der Waals surface area contributed by atoms with Crippen molar-refractivity contribution in [2.75, 3.05) is 64.9 Å². The Labute approximate surface area is 190 Å². The summed E-state index contributed by atoms with van der Waals surface area (Å²) in [7, 11) is 0. The summed E-state index contributed by atoms with van der Waals surface area (Å²) in [6.07, 6.45) is 1.03. The molecule has 2 fully saturated rings. The molecule has 8 heteroatoms. The lowest BCUT2D eigenvalue weighted by atomic mass is 10.0. The van der Waals surface area contributed by atoms with Crippen LogP contribution in [0, 0.1) is 10.1 Å². The fourth-order valence-corrected chi connectivity index (χ4v) is 4.03. The van der Waals surface area contributed by atoms with Gasteiger partial charge in [0.05, 0.1) is 31.4 Å². The van der Waals surface area contributed by atoms with E-state index in [1.165, 1.54) is 5.56 Å². The molecule has 1 unspecified atom stereocenters. The zero-order chi connectivity index (χ0) is 22.8. The number of nitrogens with zero attached hydrogens (tertiary/aromatic N) is 3. The molecule has 0 bridgehead atoms. The van der Waals surface area contributed by atoms with E-state index in [2.05, 4.69) is 15.9 Å². The molecule has 4 rings (SSSR count). The SMILES string of the molecule is CC(c1ccccc1[N+](=O)[O-])N1CCOCC1.Nc1ccccc1CCN1CCOCC1. The van der Waals surface area contributed by atoms with Crippen molar-refractivity contribution < 1.29 is 14.4 Å².